The van der Waals surface area contributed by atoms with Crippen LogP contribution in [0, 0.1) is 0 Å². The average molecular weight is 332 g/mol. The van der Waals surface area contributed by atoms with E-state index in [9.17, 15) is 0 Å². The predicted octanol–water partition coefficient (Wildman–Crippen LogP) is 4.62. The smallest absolute Gasteiger partial charge is 0.0605 e. The summed E-state index contributed by atoms with van der Waals surface area (Å²) in [6.07, 6.45) is 0. The average Bonchev–Trinajstić information content (AvgIpc) is 2.42. The number of anilines is 2. The molecule has 0 aliphatic carbocycles. The van der Waals surface area contributed by atoms with Crippen LogP contribution in [-0.4, -0.2) is 13.1 Å². The molecule has 1 aliphatic heterocycles. The van der Waals surface area contributed by atoms with Crippen molar-refractivity contribution in [3.8, 4) is 0 Å². The third-order valence-electron chi connectivity index (χ3n) is 3.23. The maximum atomic E-state index is 5.91. The van der Waals surface area contributed by atoms with Crippen molar-refractivity contribution in [1.29, 1.82) is 0 Å². The van der Waals surface area contributed by atoms with Crippen LogP contribution in [0.2, 0.25) is 5.02 Å². The second-order valence-electron chi connectivity index (χ2n) is 4.49. The Kier molecular flexibility index (Phi) is 6.47. The summed E-state index contributed by atoms with van der Waals surface area (Å²) >= 11 is 5.91. The molecule has 2 nitrogen and oxygen atoms in total. The van der Waals surface area contributed by atoms with Gasteiger partial charge >= 0.3 is 0 Å². The summed E-state index contributed by atoms with van der Waals surface area (Å²) in [7, 11) is 0. The van der Waals surface area contributed by atoms with E-state index >= 15 is 0 Å². The molecule has 1 N–H and O–H groups in total. The van der Waals surface area contributed by atoms with Gasteiger partial charge in [-0.2, -0.15) is 0 Å². The van der Waals surface area contributed by atoms with Gasteiger partial charge in [0.15, 0.2) is 0 Å². The first kappa shape index (κ1) is 17.0. The molecule has 2 aromatic rings. The Morgan fingerprint density at radius 1 is 1.00 bits per heavy atom. The molecule has 0 unspecified atom stereocenters. The molecule has 0 saturated carbocycles. The van der Waals surface area contributed by atoms with E-state index < -0.39 is 0 Å². The minimum atomic E-state index is 0. The largest absolute Gasteiger partial charge is 0.382 e. The number of nitrogens with one attached hydrogen (secondary N) is 1. The lowest BCUT2D eigenvalue weighted by Crippen LogP contribution is -2.33. The number of rotatable bonds is 2. The first-order valence-electron chi connectivity index (χ1n) is 6.15. The molecule has 0 spiro atoms. The minimum Gasteiger partial charge on any atom is -0.382 e. The Labute approximate surface area is 136 Å². The molecular formula is C15H17Cl3N2. The molecule has 0 radical (unpaired) electrons. The molecule has 1 aliphatic rings. The lowest BCUT2D eigenvalue weighted by Gasteiger charge is -2.32. The summed E-state index contributed by atoms with van der Waals surface area (Å²) in [5, 5.41) is 4.22. The Balaban J connectivity index is 0.000001000. The lowest BCUT2D eigenvalue weighted by molar-refractivity contribution is 0.787. The first-order valence-corrected chi connectivity index (χ1v) is 6.53. The van der Waals surface area contributed by atoms with Crippen LogP contribution < -0.4 is 10.2 Å². The van der Waals surface area contributed by atoms with E-state index in [0.717, 1.165) is 24.7 Å². The van der Waals surface area contributed by atoms with Crippen molar-refractivity contribution in [3.63, 3.8) is 0 Å². The lowest BCUT2D eigenvalue weighted by atomic mass is 10.1. The van der Waals surface area contributed by atoms with Gasteiger partial charge in [0.2, 0.25) is 0 Å². The predicted molar refractivity (Wildman–Crippen MR) is 91.9 cm³/mol. The fraction of sp³-hybridized carbons (Fsp3) is 0.200. The second kappa shape index (κ2) is 7.63. The van der Waals surface area contributed by atoms with Crippen LogP contribution in [0.1, 0.15) is 5.56 Å². The molecule has 20 heavy (non-hydrogen) atoms. The van der Waals surface area contributed by atoms with Crippen LogP contribution in [0.15, 0.2) is 48.5 Å². The van der Waals surface area contributed by atoms with E-state index in [0.29, 0.717) is 0 Å². The molecule has 5 heteroatoms. The molecule has 108 valence electrons. The SMILES string of the molecule is Cl.Cl.Clc1ccc(CN2CCNc3ccccc32)cc1. The summed E-state index contributed by atoms with van der Waals surface area (Å²) in [6.45, 7) is 2.94. The molecule has 0 atom stereocenters. The normalized spacial score (nSPS) is 12.6. The summed E-state index contributed by atoms with van der Waals surface area (Å²) in [4.78, 5) is 2.40. The topological polar surface area (TPSA) is 15.3 Å². The van der Waals surface area contributed by atoms with Crippen molar-refractivity contribution in [2.75, 3.05) is 23.3 Å². The highest BCUT2D eigenvalue weighted by Gasteiger charge is 2.15. The van der Waals surface area contributed by atoms with Gasteiger partial charge in [-0.25, -0.2) is 0 Å². The van der Waals surface area contributed by atoms with Crippen molar-refractivity contribution in [2.45, 2.75) is 6.54 Å². The zero-order chi connectivity index (χ0) is 12.4. The minimum absolute atomic E-state index is 0. The quantitative estimate of drug-likeness (QED) is 0.864. The Hall–Kier alpha value is -1.09. The number of fused-ring (bicyclic) bond motifs is 1. The first-order chi connectivity index (χ1) is 8.83. The van der Waals surface area contributed by atoms with Crippen LogP contribution in [0.25, 0.3) is 0 Å². The third kappa shape index (κ3) is 3.72. The summed E-state index contributed by atoms with van der Waals surface area (Å²) in [5.41, 5.74) is 3.78. The van der Waals surface area contributed by atoms with Crippen molar-refractivity contribution in [3.05, 3.63) is 59.1 Å². The molecule has 0 fully saturated rings. The number of halogens is 3. The summed E-state index contributed by atoms with van der Waals surface area (Å²) in [6, 6.07) is 16.5. The van der Waals surface area contributed by atoms with E-state index in [4.69, 9.17) is 11.6 Å². The maximum Gasteiger partial charge on any atom is 0.0605 e. The number of benzene rings is 2. The number of nitrogens with zero attached hydrogens (tertiary/aromatic N) is 1. The molecule has 0 bridgehead atoms. The third-order valence-corrected chi connectivity index (χ3v) is 3.48. The molecule has 1 heterocycles. The summed E-state index contributed by atoms with van der Waals surface area (Å²) in [5.74, 6) is 0. The highest BCUT2D eigenvalue weighted by molar-refractivity contribution is 6.30. The number of hydrogen-bond donors (Lipinski definition) is 1. The molecule has 3 rings (SSSR count). The van der Waals surface area contributed by atoms with Crippen LogP contribution >= 0.6 is 36.4 Å². The molecular weight excluding hydrogens is 315 g/mol. The molecule has 2 aromatic carbocycles. The zero-order valence-electron chi connectivity index (χ0n) is 10.9. The highest BCUT2D eigenvalue weighted by Crippen LogP contribution is 2.29. The highest BCUT2D eigenvalue weighted by atomic mass is 35.5. The molecule has 0 aromatic heterocycles. The van der Waals surface area contributed by atoms with E-state index in [1.807, 2.05) is 12.1 Å². The number of hydrogen-bond acceptors (Lipinski definition) is 2. The standard InChI is InChI=1S/C15H15ClN2.2ClH/c16-13-7-5-12(6-8-13)11-18-10-9-17-14-3-1-2-4-15(14)18;;/h1-8,17H,9-11H2;2*1H. The number of para-hydroxylation sites is 2. The van der Waals surface area contributed by atoms with E-state index in [1.165, 1.54) is 16.9 Å². The molecule has 0 saturated heterocycles. The van der Waals surface area contributed by atoms with E-state index in [1.54, 1.807) is 0 Å². The van der Waals surface area contributed by atoms with E-state index in [-0.39, 0.29) is 24.8 Å². The van der Waals surface area contributed by atoms with Crippen molar-refractivity contribution < 1.29 is 0 Å². The van der Waals surface area contributed by atoms with Gasteiger partial charge in [-0.05, 0) is 29.8 Å². The van der Waals surface area contributed by atoms with Gasteiger partial charge in [-0.15, -0.1) is 24.8 Å². The Morgan fingerprint density at radius 3 is 2.45 bits per heavy atom. The fourth-order valence-electron chi connectivity index (χ4n) is 2.32. The van der Waals surface area contributed by atoms with Gasteiger partial charge in [-0.3, -0.25) is 0 Å². The van der Waals surface area contributed by atoms with Gasteiger partial charge in [0.1, 0.15) is 0 Å². The zero-order valence-corrected chi connectivity index (χ0v) is 13.3. The van der Waals surface area contributed by atoms with Gasteiger partial charge in [0.05, 0.1) is 11.4 Å². The van der Waals surface area contributed by atoms with Crippen LogP contribution in [0.4, 0.5) is 11.4 Å². The van der Waals surface area contributed by atoms with Gasteiger partial charge in [-0.1, -0.05) is 35.9 Å². The summed E-state index contributed by atoms with van der Waals surface area (Å²) < 4.78 is 0. The van der Waals surface area contributed by atoms with Gasteiger partial charge < -0.3 is 10.2 Å². The fourth-order valence-corrected chi connectivity index (χ4v) is 2.45. The van der Waals surface area contributed by atoms with Gasteiger partial charge in [0, 0.05) is 24.7 Å². The monoisotopic (exact) mass is 330 g/mol. The van der Waals surface area contributed by atoms with Crippen molar-refractivity contribution in [1.82, 2.24) is 0 Å². The van der Waals surface area contributed by atoms with Crippen molar-refractivity contribution >= 4 is 47.8 Å². The Bertz CT molecular complexity index is 543. The van der Waals surface area contributed by atoms with Crippen LogP contribution in [-0.2, 0) is 6.54 Å². The maximum absolute atomic E-state index is 5.91. The molecule has 0 amide bonds. The second-order valence-corrected chi connectivity index (χ2v) is 4.93. The van der Waals surface area contributed by atoms with Crippen LogP contribution in [0.3, 0.4) is 0 Å². The Morgan fingerprint density at radius 2 is 1.70 bits per heavy atom. The van der Waals surface area contributed by atoms with Gasteiger partial charge in [0.25, 0.3) is 0 Å². The van der Waals surface area contributed by atoms with Crippen LogP contribution in [0.5, 0.6) is 0 Å². The van der Waals surface area contributed by atoms with Crippen molar-refractivity contribution in [2.24, 2.45) is 0 Å². The van der Waals surface area contributed by atoms with E-state index in [2.05, 4.69) is 46.6 Å².